The average Bonchev–Trinajstić information content (AvgIpc) is 2.54. The Kier molecular flexibility index (Phi) is 4.84. The summed E-state index contributed by atoms with van der Waals surface area (Å²) in [6, 6.07) is 14.2. The molecule has 1 heterocycles. The zero-order chi connectivity index (χ0) is 16.2. The fourth-order valence-electron chi connectivity index (χ4n) is 3.07. The largest absolute Gasteiger partial charge is 0.508 e. The molecule has 3 atom stereocenters. The molecule has 4 nitrogen and oxygen atoms in total. The van der Waals surface area contributed by atoms with Crippen molar-refractivity contribution >= 4 is 0 Å². The predicted octanol–water partition coefficient (Wildman–Crippen LogP) is 3.31. The van der Waals surface area contributed by atoms with Gasteiger partial charge in [0.05, 0.1) is 18.3 Å². The summed E-state index contributed by atoms with van der Waals surface area (Å²) in [7, 11) is 0. The van der Waals surface area contributed by atoms with Crippen molar-refractivity contribution in [1.29, 1.82) is 0 Å². The predicted molar refractivity (Wildman–Crippen MR) is 87.4 cm³/mol. The Morgan fingerprint density at radius 2 is 1.48 bits per heavy atom. The number of aliphatic hydroxyl groups is 1. The van der Waals surface area contributed by atoms with Crippen molar-refractivity contribution in [3.63, 3.8) is 0 Å². The highest BCUT2D eigenvalue weighted by Crippen LogP contribution is 2.33. The summed E-state index contributed by atoms with van der Waals surface area (Å²) in [5, 5.41) is 28.8. The van der Waals surface area contributed by atoms with E-state index in [1.54, 1.807) is 24.3 Å². The first-order chi connectivity index (χ1) is 11.1. The molecule has 122 valence electrons. The minimum Gasteiger partial charge on any atom is -0.508 e. The van der Waals surface area contributed by atoms with E-state index in [0.717, 1.165) is 24.0 Å². The molecule has 0 bridgehead atoms. The third-order valence-corrected chi connectivity index (χ3v) is 4.33. The summed E-state index contributed by atoms with van der Waals surface area (Å²) < 4.78 is 6.14. The second-order valence-corrected chi connectivity index (χ2v) is 6.17. The molecule has 0 aromatic heterocycles. The van der Waals surface area contributed by atoms with E-state index in [-0.39, 0.29) is 29.8 Å². The summed E-state index contributed by atoms with van der Waals surface area (Å²) in [5.74, 6) is 0.500. The van der Waals surface area contributed by atoms with E-state index in [9.17, 15) is 15.3 Å². The average molecular weight is 314 g/mol. The number of hydrogen-bond donors (Lipinski definition) is 3. The molecule has 1 fully saturated rings. The molecule has 2 aromatic rings. The monoisotopic (exact) mass is 314 g/mol. The van der Waals surface area contributed by atoms with Gasteiger partial charge in [-0.25, -0.2) is 0 Å². The molecule has 1 aliphatic heterocycles. The fraction of sp³-hybridized carbons (Fsp3) is 0.368. The molecule has 0 amide bonds. The first-order valence-electron chi connectivity index (χ1n) is 8.00. The minimum absolute atomic E-state index is 0.00589. The highest BCUT2D eigenvalue weighted by molar-refractivity contribution is 5.28. The minimum atomic E-state index is -0.368. The molecule has 1 aliphatic rings. The molecule has 4 heteroatoms. The summed E-state index contributed by atoms with van der Waals surface area (Å²) in [6.07, 6.45) is 2.41. The molecule has 0 aliphatic carbocycles. The van der Waals surface area contributed by atoms with Crippen molar-refractivity contribution in [2.24, 2.45) is 0 Å². The van der Waals surface area contributed by atoms with Crippen molar-refractivity contribution in [2.45, 2.75) is 44.0 Å². The number of aryl methyl sites for hydroxylation is 1. The van der Waals surface area contributed by atoms with Crippen LogP contribution in [0.5, 0.6) is 11.5 Å². The summed E-state index contributed by atoms with van der Waals surface area (Å²) >= 11 is 0. The van der Waals surface area contributed by atoms with Crippen LogP contribution in [0.25, 0.3) is 0 Å². The number of hydrogen-bond acceptors (Lipinski definition) is 4. The fourth-order valence-corrected chi connectivity index (χ4v) is 3.07. The van der Waals surface area contributed by atoms with Crippen LogP contribution in [0.1, 0.15) is 36.5 Å². The van der Waals surface area contributed by atoms with Gasteiger partial charge in [0, 0.05) is 6.42 Å². The van der Waals surface area contributed by atoms with Gasteiger partial charge in [0.25, 0.3) is 0 Å². The van der Waals surface area contributed by atoms with Gasteiger partial charge in [0.15, 0.2) is 0 Å². The number of ether oxygens (including phenoxy) is 1. The van der Waals surface area contributed by atoms with Gasteiger partial charge in [-0.3, -0.25) is 0 Å². The number of phenols is 2. The van der Waals surface area contributed by atoms with Gasteiger partial charge in [-0.1, -0.05) is 24.3 Å². The number of aliphatic hydroxyl groups excluding tert-OH is 1. The summed E-state index contributed by atoms with van der Waals surface area (Å²) in [5.41, 5.74) is 2.13. The van der Waals surface area contributed by atoms with Crippen LogP contribution in [0.3, 0.4) is 0 Å². The van der Waals surface area contributed by atoms with E-state index in [2.05, 4.69) is 0 Å². The van der Waals surface area contributed by atoms with Crippen molar-refractivity contribution in [1.82, 2.24) is 0 Å². The van der Waals surface area contributed by atoms with Gasteiger partial charge >= 0.3 is 0 Å². The van der Waals surface area contributed by atoms with Gasteiger partial charge in [-0.2, -0.15) is 0 Å². The van der Waals surface area contributed by atoms with Crippen molar-refractivity contribution in [3.05, 3.63) is 59.7 Å². The molecule has 3 N–H and O–H groups in total. The Hall–Kier alpha value is -2.04. The van der Waals surface area contributed by atoms with Crippen LogP contribution in [0.4, 0.5) is 0 Å². The molecular formula is C19H22O4. The van der Waals surface area contributed by atoms with E-state index in [4.69, 9.17) is 4.74 Å². The van der Waals surface area contributed by atoms with E-state index in [1.165, 1.54) is 0 Å². The van der Waals surface area contributed by atoms with Crippen molar-refractivity contribution in [2.75, 3.05) is 0 Å². The Morgan fingerprint density at radius 3 is 2.13 bits per heavy atom. The van der Waals surface area contributed by atoms with Crippen LogP contribution < -0.4 is 0 Å². The second-order valence-electron chi connectivity index (χ2n) is 6.17. The first kappa shape index (κ1) is 15.8. The van der Waals surface area contributed by atoms with Gasteiger partial charge in [0.2, 0.25) is 0 Å². The summed E-state index contributed by atoms with van der Waals surface area (Å²) in [4.78, 5) is 0. The Balaban J connectivity index is 1.61. The topological polar surface area (TPSA) is 69.9 Å². The van der Waals surface area contributed by atoms with Gasteiger partial charge in [-0.15, -0.1) is 0 Å². The maximum Gasteiger partial charge on any atom is 0.115 e. The lowest BCUT2D eigenvalue weighted by Gasteiger charge is -2.33. The zero-order valence-corrected chi connectivity index (χ0v) is 12.9. The first-order valence-corrected chi connectivity index (χ1v) is 8.00. The highest BCUT2D eigenvalue weighted by Gasteiger charge is 2.29. The number of benzene rings is 2. The van der Waals surface area contributed by atoms with Crippen LogP contribution >= 0.6 is 0 Å². The lowest BCUT2D eigenvalue weighted by Crippen LogP contribution is -2.31. The highest BCUT2D eigenvalue weighted by atomic mass is 16.5. The molecule has 3 rings (SSSR count). The third-order valence-electron chi connectivity index (χ3n) is 4.33. The molecule has 0 spiro atoms. The van der Waals surface area contributed by atoms with E-state index in [0.29, 0.717) is 12.8 Å². The molecule has 0 radical (unpaired) electrons. The lowest BCUT2D eigenvalue weighted by atomic mass is 9.93. The molecule has 23 heavy (non-hydrogen) atoms. The quantitative estimate of drug-likeness (QED) is 0.810. The number of phenolic OH excluding ortho intramolecular Hbond substituents is 2. The van der Waals surface area contributed by atoms with Crippen LogP contribution in [-0.2, 0) is 11.2 Å². The second kappa shape index (κ2) is 7.02. The standard InChI is InChI=1S/C19H22O4/c20-15-6-1-13(2-7-15)3-10-18-11-17(22)12-19(23-18)14-4-8-16(21)9-5-14/h1-2,4-9,17-22H,3,10-12H2/t17-,18+,19+/m0/s1. The van der Waals surface area contributed by atoms with Crippen LogP contribution in [0.15, 0.2) is 48.5 Å². The van der Waals surface area contributed by atoms with Crippen LogP contribution in [-0.4, -0.2) is 27.5 Å². The Bertz CT molecular complexity index is 621. The molecule has 1 saturated heterocycles. The van der Waals surface area contributed by atoms with Gasteiger partial charge < -0.3 is 20.1 Å². The number of aromatic hydroxyl groups is 2. The normalized spacial score (nSPS) is 24.5. The van der Waals surface area contributed by atoms with Gasteiger partial charge in [0.1, 0.15) is 11.5 Å². The molecule has 0 saturated carbocycles. The Labute approximate surface area is 136 Å². The van der Waals surface area contributed by atoms with Crippen LogP contribution in [0, 0.1) is 0 Å². The summed E-state index contributed by atoms with van der Waals surface area (Å²) in [6.45, 7) is 0. The maximum absolute atomic E-state index is 10.1. The Morgan fingerprint density at radius 1 is 0.870 bits per heavy atom. The van der Waals surface area contributed by atoms with E-state index < -0.39 is 0 Å². The zero-order valence-electron chi connectivity index (χ0n) is 12.9. The van der Waals surface area contributed by atoms with Crippen molar-refractivity contribution in [3.8, 4) is 11.5 Å². The van der Waals surface area contributed by atoms with Crippen LogP contribution in [0.2, 0.25) is 0 Å². The molecule has 2 aromatic carbocycles. The van der Waals surface area contributed by atoms with Gasteiger partial charge in [-0.05, 0) is 54.7 Å². The third kappa shape index (κ3) is 4.24. The maximum atomic E-state index is 10.1. The van der Waals surface area contributed by atoms with Crippen molar-refractivity contribution < 1.29 is 20.1 Å². The number of rotatable bonds is 4. The van der Waals surface area contributed by atoms with E-state index >= 15 is 0 Å². The molecule has 0 unspecified atom stereocenters. The van der Waals surface area contributed by atoms with E-state index in [1.807, 2.05) is 24.3 Å². The lowest BCUT2D eigenvalue weighted by molar-refractivity contribution is -0.0998. The smallest absolute Gasteiger partial charge is 0.115 e. The molecular weight excluding hydrogens is 292 g/mol. The SMILES string of the molecule is Oc1ccc(CC[C@@H]2C[C@H](O)C[C@H](c3ccc(O)cc3)O2)cc1.